The van der Waals surface area contributed by atoms with E-state index in [-0.39, 0.29) is 31.1 Å². The number of rotatable bonds is 6. The lowest BCUT2D eigenvalue weighted by molar-refractivity contribution is -0.150. The highest BCUT2D eigenvalue weighted by Crippen LogP contribution is 2.27. The summed E-state index contributed by atoms with van der Waals surface area (Å²) < 4.78 is 32.8. The van der Waals surface area contributed by atoms with Gasteiger partial charge in [-0.2, -0.15) is 4.31 Å². The van der Waals surface area contributed by atoms with Gasteiger partial charge in [0.2, 0.25) is 10.0 Å². The van der Waals surface area contributed by atoms with Gasteiger partial charge in [-0.3, -0.25) is 19.3 Å². The largest absolute Gasteiger partial charge is 0.464 e. The average Bonchev–Trinajstić information content (AvgIpc) is 3.04. The van der Waals surface area contributed by atoms with Gasteiger partial charge in [0.15, 0.2) is 0 Å². The third kappa shape index (κ3) is 4.43. The van der Waals surface area contributed by atoms with E-state index in [4.69, 9.17) is 4.74 Å². The van der Waals surface area contributed by atoms with Crippen molar-refractivity contribution in [2.75, 3.05) is 26.2 Å². The first kappa shape index (κ1) is 23.1. The van der Waals surface area contributed by atoms with Crippen LogP contribution in [-0.2, 0) is 19.6 Å². The van der Waals surface area contributed by atoms with Crippen LogP contribution in [-0.4, -0.2) is 61.6 Å². The number of hydrogen-bond acceptors (Lipinski definition) is 6. The highest BCUT2D eigenvalue weighted by atomic mass is 32.2. The van der Waals surface area contributed by atoms with Gasteiger partial charge < -0.3 is 4.74 Å². The predicted molar refractivity (Wildman–Crippen MR) is 120 cm³/mol. The smallest absolute Gasteiger partial charge is 0.309 e. The van der Waals surface area contributed by atoms with Crippen LogP contribution in [0.5, 0.6) is 0 Å². The second-order valence-electron chi connectivity index (χ2n) is 8.42. The predicted octanol–water partition coefficient (Wildman–Crippen LogP) is 2.54. The molecule has 8 nitrogen and oxygen atoms in total. The molecule has 4 rings (SSSR count). The Morgan fingerprint density at radius 3 is 2.18 bits per heavy atom. The summed E-state index contributed by atoms with van der Waals surface area (Å²) in [5.41, 5.74) is 2.40. The Morgan fingerprint density at radius 1 is 1.00 bits per heavy atom. The van der Waals surface area contributed by atoms with Crippen LogP contribution < -0.4 is 0 Å². The molecule has 0 unspecified atom stereocenters. The van der Waals surface area contributed by atoms with Gasteiger partial charge in [0.25, 0.3) is 11.8 Å². The van der Waals surface area contributed by atoms with Crippen molar-refractivity contribution in [3.63, 3.8) is 0 Å². The van der Waals surface area contributed by atoms with Crippen molar-refractivity contribution in [1.29, 1.82) is 0 Å². The molecule has 174 valence electrons. The number of sulfonamides is 1. The van der Waals surface area contributed by atoms with E-state index in [1.54, 1.807) is 43.3 Å². The van der Waals surface area contributed by atoms with Crippen molar-refractivity contribution in [2.45, 2.75) is 31.6 Å². The zero-order valence-electron chi connectivity index (χ0n) is 18.6. The fourth-order valence-electron chi connectivity index (χ4n) is 4.36. The number of ether oxygens (including phenoxy) is 1. The van der Waals surface area contributed by atoms with Crippen LogP contribution in [0.3, 0.4) is 0 Å². The number of nitrogens with zero attached hydrogens (tertiary/aromatic N) is 2. The molecule has 0 spiro atoms. The van der Waals surface area contributed by atoms with Gasteiger partial charge in [-0.15, -0.1) is 0 Å². The first-order valence-corrected chi connectivity index (χ1v) is 12.3. The molecule has 2 aromatic rings. The van der Waals surface area contributed by atoms with Crippen molar-refractivity contribution in [3.8, 4) is 0 Å². The number of carbonyl (C=O) groups is 3. The molecule has 0 atom stereocenters. The summed E-state index contributed by atoms with van der Waals surface area (Å²) >= 11 is 0. The summed E-state index contributed by atoms with van der Waals surface area (Å²) in [6.07, 6.45) is 0.714. The molecule has 2 aromatic carbocycles. The van der Waals surface area contributed by atoms with E-state index in [1.165, 1.54) is 4.31 Å². The Balaban J connectivity index is 1.29. The van der Waals surface area contributed by atoms with E-state index in [2.05, 4.69) is 0 Å². The van der Waals surface area contributed by atoms with Crippen molar-refractivity contribution < 1.29 is 27.5 Å². The van der Waals surface area contributed by atoms with Gasteiger partial charge >= 0.3 is 5.97 Å². The summed E-state index contributed by atoms with van der Waals surface area (Å²) in [4.78, 5) is 38.6. The number of benzene rings is 2. The lowest BCUT2D eigenvalue weighted by Gasteiger charge is -2.30. The summed E-state index contributed by atoms with van der Waals surface area (Å²) in [7, 11) is -3.63. The van der Waals surface area contributed by atoms with Crippen molar-refractivity contribution in [2.24, 2.45) is 5.92 Å². The minimum absolute atomic E-state index is 0.0159. The second kappa shape index (κ2) is 9.07. The number of esters is 1. The van der Waals surface area contributed by atoms with Crippen molar-refractivity contribution in [1.82, 2.24) is 9.21 Å². The van der Waals surface area contributed by atoms with Crippen molar-refractivity contribution in [3.05, 3.63) is 64.7 Å². The maximum Gasteiger partial charge on any atom is 0.309 e. The van der Waals surface area contributed by atoms with E-state index >= 15 is 0 Å². The van der Waals surface area contributed by atoms with Crippen LogP contribution in [0.2, 0.25) is 0 Å². The first-order valence-electron chi connectivity index (χ1n) is 10.9. The maximum absolute atomic E-state index is 13.0. The van der Waals surface area contributed by atoms with E-state index in [1.807, 2.05) is 13.0 Å². The summed E-state index contributed by atoms with van der Waals surface area (Å²) in [5.74, 6) is -1.64. The lowest BCUT2D eigenvalue weighted by Crippen LogP contribution is -2.41. The molecule has 0 radical (unpaired) electrons. The Hall–Kier alpha value is -3.04. The van der Waals surface area contributed by atoms with Crippen LogP contribution in [0.4, 0.5) is 0 Å². The quantitative estimate of drug-likeness (QED) is 0.475. The highest BCUT2D eigenvalue weighted by Gasteiger charge is 2.36. The van der Waals surface area contributed by atoms with Gasteiger partial charge in [0, 0.05) is 13.1 Å². The average molecular weight is 471 g/mol. The van der Waals surface area contributed by atoms with Crippen molar-refractivity contribution >= 4 is 27.8 Å². The molecule has 2 amide bonds. The second-order valence-corrected chi connectivity index (χ2v) is 10.3. The van der Waals surface area contributed by atoms with Gasteiger partial charge in [0.05, 0.1) is 28.5 Å². The molecule has 2 heterocycles. The number of amides is 2. The van der Waals surface area contributed by atoms with Gasteiger partial charge in [-0.1, -0.05) is 29.8 Å². The number of hydrogen-bond donors (Lipinski definition) is 0. The fourth-order valence-corrected chi connectivity index (χ4v) is 6.03. The normalized spacial score (nSPS) is 17.3. The molecule has 0 bridgehead atoms. The molecular weight excluding hydrogens is 444 g/mol. The Morgan fingerprint density at radius 2 is 1.61 bits per heavy atom. The minimum Gasteiger partial charge on any atom is -0.464 e. The van der Waals surface area contributed by atoms with Gasteiger partial charge in [0.1, 0.15) is 6.61 Å². The molecule has 1 fully saturated rings. The van der Waals surface area contributed by atoms with E-state index < -0.39 is 33.7 Å². The zero-order valence-corrected chi connectivity index (χ0v) is 19.4. The fraction of sp³-hybridized carbons (Fsp3) is 0.375. The first-order chi connectivity index (χ1) is 15.7. The number of piperidine rings is 1. The summed E-state index contributed by atoms with van der Waals surface area (Å²) in [6.45, 7) is 4.04. The van der Waals surface area contributed by atoms with Gasteiger partial charge in [-0.05, 0) is 50.5 Å². The van der Waals surface area contributed by atoms with Crippen LogP contribution in [0.1, 0.15) is 44.7 Å². The van der Waals surface area contributed by atoms with E-state index in [0.29, 0.717) is 29.5 Å². The lowest BCUT2D eigenvalue weighted by atomic mass is 9.98. The molecule has 33 heavy (non-hydrogen) atoms. The Bertz CT molecular complexity index is 1180. The molecule has 2 aliphatic heterocycles. The maximum atomic E-state index is 13.0. The number of aryl methyl sites for hydroxylation is 2. The number of carbonyl (C=O) groups excluding carboxylic acids is 3. The molecule has 1 saturated heterocycles. The molecule has 9 heteroatoms. The SMILES string of the molecule is Cc1ccc(S(=O)(=O)N2CCC(C(=O)OCCN3C(=O)c4ccccc4C3=O)CC2)c(C)c1. The monoisotopic (exact) mass is 470 g/mol. The minimum atomic E-state index is -3.63. The number of fused-ring (bicyclic) bond motifs is 1. The van der Waals surface area contributed by atoms with Crippen LogP contribution in [0.15, 0.2) is 47.4 Å². The Labute approximate surface area is 193 Å². The van der Waals surface area contributed by atoms with E-state index in [9.17, 15) is 22.8 Å². The Kier molecular flexibility index (Phi) is 6.36. The third-order valence-electron chi connectivity index (χ3n) is 6.17. The third-order valence-corrected chi connectivity index (χ3v) is 8.23. The van der Waals surface area contributed by atoms with Gasteiger partial charge in [-0.25, -0.2) is 8.42 Å². The molecule has 2 aliphatic rings. The molecule has 0 aliphatic carbocycles. The topological polar surface area (TPSA) is 101 Å². The summed E-state index contributed by atoms with van der Waals surface area (Å²) in [6, 6.07) is 11.8. The molecule has 0 saturated carbocycles. The molecule has 0 N–H and O–H groups in total. The molecule has 0 aromatic heterocycles. The highest BCUT2D eigenvalue weighted by molar-refractivity contribution is 7.89. The standard InChI is InChI=1S/C24H26N2O6S/c1-16-7-8-21(17(2)15-16)33(30,31)25-11-9-18(10-12-25)24(29)32-14-13-26-22(27)19-5-3-4-6-20(19)23(26)28/h3-8,15,18H,9-14H2,1-2H3. The number of imide groups is 1. The molecular formula is C24H26N2O6S. The van der Waals surface area contributed by atoms with E-state index in [0.717, 1.165) is 10.5 Å². The van der Waals surface area contributed by atoms with Crippen LogP contribution in [0, 0.1) is 19.8 Å². The van der Waals surface area contributed by atoms with Crippen LogP contribution >= 0.6 is 0 Å². The summed E-state index contributed by atoms with van der Waals surface area (Å²) in [5, 5.41) is 0. The van der Waals surface area contributed by atoms with Crippen LogP contribution in [0.25, 0.3) is 0 Å². The zero-order chi connectivity index (χ0) is 23.8.